The van der Waals surface area contributed by atoms with Crippen molar-refractivity contribution in [2.75, 3.05) is 0 Å². The van der Waals surface area contributed by atoms with Crippen molar-refractivity contribution in [1.82, 2.24) is 4.98 Å². The average molecular weight is 488 g/mol. The number of nitrogens with zero attached hydrogens (tertiary/aromatic N) is 1. The van der Waals surface area contributed by atoms with Crippen LogP contribution in [-0.4, -0.2) is 26.3 Å². The SMILES string of the molecule is C=Cc1cc(O[Si](C)(C)C(C)(C)C)cc2nc(-c3ccc(OS(=O)(=O)[O-])c(F)c3)oc12.[Na+]. The maximum absolute atomic E-state index is 14.2. The van der Waals surface area contributed by atoms with Gasteiger partial charge in [0.1, 0.15) is 11.3 Å². The molecule has 11 heteroatoms. The molecular weight excluding hydrogens is 464 g/mol. The molecule has 166 valence electrons. The van der Waals surface area contributed by atoms with Crippen molar-refractivity contribution >= 4 is 35.9 Å². The van der Waals surface area contributed by atoms with E-state index in [0.717, 1.165) is 12.1 Å². The normalized spacial score (nSPS) is 12.3. The molecule has 0 N–H and O–H groups in total. The summed E-state index contributed by atoms with van der Waals surface area (Å²) in [6.45, 7) is 14.5. The topological polar surface area (TPSA) is 102 Å². The molecule has 0 fully saturated rings. The first kappa shape index (κ1) is 26.6. The Hall–Kier alpha value is -1.69. The van der Waals surface area contributed by atoms with Crippen molar-refractivity contribution in [3.8, 4) is 23.0 Å². The number of halogens is 1. The molecule has 0 aliphatic heterocycles. The third-order valence-electron chi connectivity index (χ3n) is 5.26. The molecule has 32 heavy (non-hydrogen) atoms. The molecule has 0 atom stereocenters. The quantitative estimate of drug-likeness (QED) is 0.299. The van der Waals surface area contributed by atoms with Gasteiger partial charge in [0.2, 0.25) is 14.2 Å². The predicted molar refractivity (Wildman–Crippen MR) is 118 cm³/mol. The molecule has 0 unspecified atom stereocenters. The van der Waals surface area contributed by atoms with Gasteiger partial charge in [-0.1, -0.05) is 33.4 Å². The first-order valence-corrected chi connectivity index (χ1v) is 13.7. The zero-order chi connectivity index (χ0) is 23.2. The average Bonchev–Trinajstić information content (AvgIpc) is 3.04. The van der Waals surface area contributed by atoms with Gasteiger partial charge in [-0.05, 0) is 42.4 Å². The van der Waals surface area contributed by atoms with E-state index in [9.17, 15) is 17.4 Å². The molecule has 0 spiro atoms. The van der Waals surface area contributed by atoms with Crippen molar-refractivity contribution in [3.63, 3.8) is 0 Å². The fourth-order valence-corrected chi connectivity index (χ4v) is 3.99. The van der Waals surface area contributed by atoms with Crippen LogP contribution < -0.4 is 38.2 Å². The zero-order valence-corrected chi connectivity index (χ0v) is 22.7. The van der Waals surface area contributed by atoms with Crippen LogP contribution in [0.3, 0.4) is 0 Å². The van der Waals surface area contributed by atoms with E-state index in [2.05, 4.69) is 49.6 Å². The first-order valence-electron chi connectivity index (χ1n) is 9.41. The third-order valence-corrected chi connectivity index (χ3v) is 10.0. The summed E-state index contributed by atoms with van der Waals surface area (Å²) in [4.78, 5) is 4.42. The van der Waals surface area contributed by atoms with Crippen LogP contribution in [0.1, 0.15) is 26.3 Å². The van der Waals surface area contributed by atoms with Gasteiger partial charge in [-0.25, -0.2) is 17.8 Å². The van der Waals surface area contributed by atoms with Gasteiger partial charge in [0, 0.05) is 17.2 Å². The first-order chi connectivity index (χ1) is 14.2. The van der Waals surface area contributed by atoms with Crippen LogP contribution in [0.2, 0.25) is 18.1 Å². The minimum atomic E-state index is -5.09. The molecule has 0 aliphatic carbocycles. The van der Waals surface area contributed by atoms with Crippen LogP contribution in [0.4, 0.5) is 4.39 Å². The van der Waals surface area contributed by atoms with E-state index in [1.54, 1.807) is 12.1 Å². The van der Waals surface area contributed by atoms with E-state index >= 15 is 0 Å². The van der Waals surface area contributed by atoms with Crippen molar-refractivity contribution in [2.45, 2.75) is 38.9 Å². The molecule has 0 bridgehead atoms. The minimum Gasteiger partial charge on any atom is -0.716 e. The van der Waals surface area contributed by atoms with Crippen molar-refractivity contribution in [3.05, 3.63) is 48.3 Å². The fourth-order valence-electron chi connectivity index (χ4n) is 2.62. The molecule has 3 aromatic rings. The predicted octanol–water partition coefficient (Wildman–Crippen LogP) is 2.50. The monoisotopic (exact) mass is 487 g/mol. The largest absolute Gasteiger partial charge is 1.00 e. The maximum atomic E-state index is 14.2. The van der Waals surface area contributed by atoms with Crippen molar-refractivity contribution in [2.24, 2.45) is 0 Å². The molecule has 0 amide bonds. The summed E-state index contributed by atoms with van der Waals surface area (Å²) >= 11 is 0. The minimum absolute atomic E-state index is 0. The smallest absolute Gasteiger partial charge is 0.716 e. The summed E-state index contributed by atoms with van der Waals surface area (Å²) in [7, 11) is -7.18. The molecule has 3 rings (SSSR count). The zero-order valence-electron chi connectivity index (χ0n) is 18.9. The second-order valence-corrected chi connectivity index (χ2v) is 14.3. The van der Waals surface area contributed by atoms with Gasteiger partial charge < -0.3 is 17.6 Å². The molecule has 2 aromatic carbocycles. The van der Waals surface area contributed by atoms with Gasteiger partial charge in [0.15, 0.2) is 17.1 Å². The molecule has 0 aliphatic rings. The molecule has 1 heterocycles. The number of hydrogen-bond donors (Lipinski definition) is 0. The van der Waals surface area contributed by atoms with E-state index in [4.69, 9.17) is 8.84 Å². The molecule has 0 saturated heterocycles. The molecule has 0 radical (unpaired) electrons. The number of benzene rings is 2. The van der Waals surface area contributed by atoms with Gasteiger partial charge >= 0.3 is 29.6 Å². The number of fused-ring (bicyclic) bond motifs is 1. The molecular formula is C21H23FNNaO6SSi. The summed E-state index contributed by atoms with van der Waals surface area (Å²) in [5.74, 6) is -0.987. The second kappa shape index (κ2) is 9.28. The van der Waals surface area contributed by atoms with Crippen molar-refractivity contribution in [1.29, 1.82) is 0 Å². The van der Waals surface area contributed by atoms with Crippen LogP contribution >= 0.6 is 0 Å². The van der Waals surface area contributed by atoms with Crippen LogP contribution in [0.15, 0.2) is 41.3 Å². The Morgan fingerprint density at radius 3 is 2.41 bits per heavy atom. The Morgan fingerprint density at radius 1 is 1.22 bits per heavy atom. The van der Waals surface area contributed by atoms with E-state index < -0.39 is 30.3 Å². The van der Waals surface area contributed by atoms with Gasteiger partial charge in [0.05, 0.1) is 0 Å². The number of oxazole rings is 1. The number of hydrogen-bond acceptors (Lipinski definition) is 7. The fraction of sp³-hybridized carbons (Fsp3) is 0.286. The Kier molecular flexibility index (Phi) is 7.70. The van der Waals surface area contributed by atoms with Gasteiger partial charge in [-0.3, -0.25) is 0 Å². The molecule has 0 saturated carbocycles. The van der Waals surface area contributed by atoms with Crippen LogP contribution in [-0.2, 0) is 10.4 Å². The Labute approximate surface area is 210 Å². The maximum Gasteiger partial charge on any atom is 1.00 e. The summed E-state index contributed by atoms with van der Waals surface area (Å²) in [5, 5.41) is 0.00416. The van der Waals surface area contributed by atoms with E-state index in [-0.39, 0.29) is 46.0 Å². The van der Waals surface area contributed by atoms with Gasteiger partial charge in [-0.15, -0.1) is 0 Å². The van der Waals surface area contributed by atoms with Gasteiger partial charge in [0.25, 0.3) is 10.4 Å². The molecule has 1 aromatic heterocycles. The second-order valence-electron chi connectivity index (χ2n) is 8.58. The van der Waals surface area contributed by atoms with Crippen LogP contribution in [0, 0.1) is 5.82 Å². The van der Waals surface area contributed by atoms with E-state index in [1.807, 2.05) is 6.07 Å². The summed E-state index contributed by atoms with van der Waals surface area (Å²) in [6.07, 6.45) is 1.62. The van der Waals surface area contributed by atoms with Crippen LogP contribution in [0.25, 0.3) is 28.6 Å². The molecule has 7 nitrogen and oxygen atoms in total. The van der Waals surface area contributed by atoms with E-state index in [0.29, 0.717) is 22.4 Å². The van der Waals surface area contributed by atoms with Crippen molar-refractivity contribution < 1.29 is 59.9 Å². The van der Waals surface area contributed by atoms with Gasteiger partial charge in [-0.2, -0.15) is 0 Å². The number of rotatable bonds is 6. The van der Waals surface area contributed by atoms with E-state index in [1.165, 1.54) is 6.07 Å². The summed E-state index contributed by atoms with van der Waals surface area (Å²) in [5.41, 5.74) is 1.87. The Balaban J connectivity index is 0.00000363. The standard InChI is InChI=1S/C21H24FNO6SSi.Na/c1-7-13-10-15(29-31(5,6)21(2,3)4)12-17-19(13)27-20(23-17)14-8-9-18(16(22)11-14)28-30(24,25)26;/h7-12H,1H2,2-6H3,(H,24,25,26);/q;+1/p-1. The Bertz CT molecular complexity index is 1270. The third kappa shape index (κ3) is 5.80. The van der Waals surface area contributed by atoms with Crippen LogP contribution in [0.5, 0.6) is 11.5 Å². The summed E-state index contributed by atoms with van der Waals surface area (Å²) < 4.78 is 62.5. The Morgan fingerprint density at radius 2 is 1.88 bits per heavy atom. The summed E-state index contributed by atoms with van der Waals surface area (Å²) in [6, 6.07) is 6.92. The number of aromatic nitrogens is 1.